The Hall–Kier alpha value is -1.69. The van der Waals surface area contributed by atoms with E-state index in [0.29, 0.717) is 21.9 Å². The number of nitrogens with one attached hydrogen (secondary N) is 1. The van der Waals surface area contributed by atoms with Gasteiger partial charge in [0.1, 0.15) is 0 Å². The minimum atomic E-state index is -0.959. The lowest BCUT2D eigenvalue weighted by molar-refractivity contribution is 0.0916. The first-order chi connectivity index (χ1) is 11.0. The molecule has 0 aliphatic carbocycles. The zero-order valence-electron chi connectivity index (χ0n) is 12.7. The van der Waals surface area contributed by atoms with Gasteiger partial charge in [-0.2, -0.15) is 0 Å². The Balaban J connectivity index is 1.96. The molecule has 0 fully saturated rings. The lowest BCUT2D eigenvalue weighted by Crippen LogP contribution is -2.28. The van der Waals surface area contributed by atoms with E-state index in [-0.39, 0.29) is 12.5 Å². The quantitative estimate of drug-likeness (QED) is 0.840. The van der Waals surface area contributed by atoms with Crippen LogP contribution >= 0.6 is 11.6 Å². The van der Waals surface area contributed by atoms with Gasteiger partial charge < -0.3 is 10.4 Å². The van der Waals surface area contributed by atoms with Crippen molar-refractivity contribution in [1.82, 2.24) is 5.32 Å². The van der Waals surface area contributed by atoms with Gasteiger partial charge in [-0.25, -0.2) is 0 Å². The van der Waals surface area contributed by atoms with E-state index in [2.05, 4.69) is 5.32 Å². The number of rotatable bonds is 6. The maximum Gasteiger partial charge on any atom is 0.251 e. The number of amides is 1. The molecule has 0 spiro atoms. The molecule has 2 rings (SSSR count). The summed E-state index contributed by atoms with van der Waals surface area (Å²) in [6.45, 7) is 0.102. The fraction of sp³-hybridized carbons (Fsp3) is 0.235. The number of carbonyl (C=O) groups is 1. The average molecular weight is 352 g/mol. The Labute approximate surface area is 142 Å². The Bertz CT molecular complexity index is 703. The number of aliphatic hydroxyl groups is 1. The highest BCUT2D eigenvalue weighted by atomic mass is 35.5. The van der Waals surface area contributed by atoms with Gasteiger partial charge in [-0.05, 0) is 35.4 Å². The Morgan fingerprint density at radius 1 is 1.26 bits per heavy atom. The monoisotopic (exact) mass is 351 g/mol. The molecular weight excluding hydrogens is 334 g/mol. The van der Waals surface area contributed by atoms with Crippen LogP contribution in [0.15, 0.2) is 48.5 Å². The number of halogens is 1. The molecule has 1 amide bonds. The summed E-state index contributed by atoms with van der Waals surface area (Å²) in [5.41, 5.74) is 2.01. The van der Waals surface area contributed by atoms with Gasteiger partial charge in [0.15, 0.2) is 0 Å². The van der Waals surface area contributed by atoms with Crippen molar-refractivity contribution in [2.24, 2.45) is 0 Å². The van der Waals surface area contributed by atoms with Gasteiger partial charge in [-0.15, -0.1) is 0 Å². The molecule has 2 aromatic rings. The standard InChI is InChI=1S/C17H18ClNO3S/c1-23(22)11-12-3-2-4-14(9-12)17(21)19-10-16(20)13-5-7-15(18)8-6-13/h2-9,16,20H,10-11H2,1H3,(H,19,21)/t16-,23+/m0/s1. The highest BCUT2D eigenvalue weighted by Crippen LogP contribution is 2.16. The van der Waals surface area contributed by atoms with E-state index in [1.807, 2.05) is 6.07 Å². The zero-order chi connectivity index (χ0) is 16.8. The predicted octanol–water partition coefficient (Wildman–Crippen LogP) is 2.68. The molecule has 2 N–H and O–H groups in total. The number of hydrogen-bond donors (Lipinski definition) is 2. The van der Waals surface area contributed by atoms with Crippen molar-refractivity contribution in [2.75, 3.05) is 12.8 Å². The molecule has 0 saturated heterocycles. The molecule has 0 aliphatic rings. The van der Waals surface area contributed by atoms with Crippen molar-refractivity contribution in [3.05, 3.63) is 70.2 Å². The average Bonchev–Trinajstić information content (AvgIpc) is 2.52. The lowest BCUT2D eigenvalue weighted by atomic mass is 10.1. The molecule has 0 aliphatic heterocycles. The number of aliphatic hydroxyl groups excluding tert-OH is 1. The predicted molar refractivity (Wildman–Crippen MR) is 93.0 cm³/mol. The number of benzene rings is 2. The second-order valence-electron chi connectivity index (χ2n) is 5.20. The van der Waals surface area contributed by atoms with Crippen LogP contribution in [0.4, 0.5) is 0 Å². The minimum absolute atomic E-state index is 0.102. The van der Waals surface area contributed by atoms with Gasteiger partial charge in [0.2, 0.25) is 0 Å². The minimum Gasteiger partial charge on any atom is -0.387 e. The molecule has 122 valence electrons. The second kappa shape index (κ2) is 8.24. The fourth-order valence-electron chi connectivity index (χ4n) is 2.13. The summed E-state index contributed by atoms with van der Waals surface area (Å²) in [5, 5.41) is 13.4. The molecule has 23 heavy (non-hydrogen) atoms. The topological polar surface area (TPSA) is 66.4 Å². The van der Waals surface area contributed by atoms with Gasteiger partial charge in [0.05, 0.1) is 6.10 Å². The van der Waals surface area contributed by atoms with Crippen LogP contribution in [0.2, 0.25) is 5.02 Å². The van der Waals surface area contributed by atoms with Crippen molar-refractivity contribution < 1.29 is 14.1 Å². The first-order valence-electron chi connectivity index (χ1n) is 7.06. The molecule has 2 aromatic carbocycles. The molecule has 0 bridgehead atoms. The summed E-state index contributed by atoms with van der Waals surface area (Å²) in [7, 11) is -0.959. The van der Waals surface area contributed by atoms with E-state index < -0.39 is 16.9 Å². The van der Waals surface area contributed by atoms with E-state index in [4.69, 9.17) is 11.6 Å². The molecule has 0 heterocycles. The molecule has 6 heteroatoms. The first kappa shape index (κ1) is 17.7. The molecule has 2 atom stereocenters. The van der Waals surface area contributed by atoms with Crippen LogP contribution in [0.5, 0.6) is 0 Å². The molecule has 0 aromatic heterocycles. The smallest absolute Gasteiger partial charge is 0.251 e. The molecule has 4 nitrogen and oxygen atoms in total. The van der Waals surface area contributed by atoms with E-state index in [1.54, 1.807) is 48.7 Å². The van der Waals surface area contributed by atoms with Crippen molar-refractivity contribution >= 4 is 28.3 Å². The van der Waals surface area contributed by atoms with Gasteiger partial charge in [-0.1, -0.05) is 35.9 Å². The number of carbonyl (C=O) groups excluding carboxylic acids is 1. The van der Waals surface area contributed by atoms with Crippen LogP contribution < -0.4 is 5.32 Å². The van der Waals surface area contributed by atoms with Crippen LogP contribution in [0, 0.1) is 0 Å². The van der Waals surface area contributed by atoms with Gasteiger partial charge in [-0.3, -0.25) is 9.00 Å². The van der Waals surface area contributed by atoms with Gasteiger partial charge in [0.25, 0.3) is 5.91 Å². The van der Waals surface area contributed by atoms with Crippen LogP contribution in [0.3, 0.4) is 0 Å². The summed E-state index contributed by atoms with van der Waals surface area (Å²) < 4.78 is 11.3. The van der Waals surface area contributed by atoms with E-state index >= 15 is 0 Å². The van der Waals surface area contributed by atoms with Crippen LogP contribution in [-0.4, -0.2) is 28.0 Å². The summed E-state index contributed by atoms with van der Waals surface area (Å²) >= 11 is 5.80. The first-order valence-corrected chi connectivity index (χ1v) is 9.17. The molecule has 0 saturated carbocycles. The third-order valence-electron chi connectivity index (χ3n) is 3.27. The van der Waals surface area contributed by atoms with Crippen LogP contribution in [0.25, 0.3) is 0 Å². The van der Waals surface area contributed by atoms with Crippen molar-refractivity contribution in [2.45, 2.75) is 11.9 Å². The maximum absolute atomic E-state index is 12.2. The Morgan fingerprint density at radius 2 is 1.96 bits per heavy atom. The third-order valence-corrected chi connectivity index (χ3v) is 4.26. The molecular formula is C17H18ClNO3S. The zero-order valence-corrected chi connectivity index (χ0v) is 14.2. The van der Waals surface area contributed by atoms with Gasteiger partial charge in [0, 0.05) is 39.9 Å². The lowest BCUT2D eigenvalue weighted by Gasteiger charge is -2.13. The fourth-order valence-corrected chi connectivity index (χ4v) is 2.91. The SMILES string of the molecule is C[S@@](=O)Cc1cccc(C(=O)NC[C@H](O)c2ccc(Cl)cc2)c1. The Morgan fingerprint density at radius 3 is 2.61 bits per heavy atom. The van der Waals surface area contributed by atoms with E-state index in [1.165, 1.54) is 0 Å². The third kappa shape index (κ3) is 5.46. The largest absolute Gasteiger partial charge is 0.387 e. The van der Waals surface area contributed by atoms with Crippen LogP contribution in [0.1, 0.15) is 27.6 Å². The highest BCUT2D eigenvalue weighted by molar-refractivity contribution is 7.83. The molecule has 0 unspecified atom stereocenters. The summed E-state index contributed by atoms with van der Waals surface area (Å²) in [6.07, 6.45) is 0.817. The van der Waals surface area contributed by atoms with E-state index in [9.17, 15) is 14.1 Å². The normalized spacial score (nSPS) is 13.3. The summed E-state index contributed by atoms with van der Waals surface area (Å²) in [6, 6.07) is 13.8. The Kier molecular flexibility index (Phi) is 6.33. The summed E-state index contributed by atoms with van der Waals surface area (Å²) in [5.74, 6) is 0.135. The highest BCUT2D eigenvalue weighted by Gasteiger charge is 2.11. The van der Waals surface area contributed by atoms with Crippen molar-refractivity contribution in [1.29, 1.82) is 0 Å². The maximum atomic E-state index is 12.2. The van der Waals surface area contributed by atoms with Gasteiger partial charge >= 0.3 is 0 Å². The van der Waals surface area contributed by atoms with Crippen LogP contribution in [-0.2, 0) is 16.6 Å². The molecule has 0 radical (unpaired) electrons. The van der Waals surface area contributed by atoms with Crippen molar-refractivity contribution in [3.63, 3.8) is 0 Å². The number of hydrogen-bond acceptors (Lipinski definition) is 3. The van der Waals surface area contributed by atoms with E-state index in [0.717, 1.165) is 5.56 Å². The van der Waals surface area contributed by atoms with Crippen molar-refractivity contribution in [3.8, 4) is 0 Å². The summed E-state index contributed by atoms with van der Waals surface area (Å²) in [4.78, 5) is 12.2. The second-order valence-corrected chi connectivity index (χ2v) is 7.07.